The Kier molecular flexibility index (Phi) is 6.57. The van der Waals surface area contributed by atoms with Crippen LogP contribution in [0.15, 0.2) is 30.4 Å². The van der Waals surface area contributed by atoms with E-state index in [1.807, 2.05) is 18.2 Å². The Balaban J connectivity index is 2.03. The van der Waals surface area contributed by atoms with Crippen molar-refractivity contribution in [3.05, 3.63) is 35.9 Å². The maximum Gasteiger partial charge on any atom is 0.124 e. The molecular formula is C17H25NO3. The van der Waals surface area contributed by atoms with Gasteiger partial charge in [-0.2, -0.15) is 0 Å². The predicted octanol–water partition coefficient (Wildman–Crippen LogP) is 2.92. The van der Waals surface area contributed by atoms with Gasteiger partial charge in [0.25, 0.3) is 0 Å². The van der Waals surface area contributed by atoms with E-state index in [-0.39, 0.29) is 6.10 Å². The maximum absolute atomic E-state index is 6.13. The highest BCUT2D eigenvalue weighted by molar-refractivity contribution is 5.40. The van der Waals surface area contributed by atoms with Gasteiger partial charge in [0.1, 0.15) is 17.6 Å². The molecular weight excluding hydrogens is 266 g/mol. The van der Waals surface area contributed by atoms with Crippen molar-refractivity contribution in [3.63, 3.8) is 0 Å². The van der Waals surface area contributed by atoms with Gasteiger partial charge < -0.3 is 19.5 Å². The Bertz CT molecular complexity index is 459. The quantitative estimate of drug-likeness (QED) is 0.590. The van der Waals surface area contributed by atoms with Crippen LogP contribution in [-0.4, -0.2) is 33.5 Å². The molecule has 0 aromatic heterocycles. The lowest BCUT2D eigenvalue weighted by Gasteiger charge is -2.21. The highest BCUT2D eigenvalue weighted by atomic mass is 16.5. The van der Waals surface area contributed by atoms with Crippen LogP contribution in [0.1, 0.15) is 24.8 Å². The van der Waals surface area contributed by atoms with Crippen LogP contribution in [0.3, 0.4) is 0 Å². The number of nitrogens with one attached hydrogen (secondary N) is 1. The Labute approximate surface area is 127 Å². The number of hydrogen-bond acceptors (Lipinski definition) is 4. The molecule has 0 saturated carbocycles. The minimum absolute atomic E-state index is 0.185. The molecule has 0 radical (unpaired) electrons. The van der Waals surface area contributed by atoms with Gasteiger partial charge in [-0.25, -0.2) is 0 Å². The predicted molar refractivity (Wildman–Crippen MR) is 84.0 cm³/mol. The van der Waals surface area contributed by atoms with Crippen molar-refractivity contribution in [2.24, 2.45) is 0 Å². The molecule has 0 fully saturated rings. The summed E-state index contributed by atoms with van der Waals surface area (Å²) in [7, 11) is 3.39. The van der Waals surface area contributed by atoms with Crippen molar-refractivity contribution in [1.82, 2.24) is 5.32 Å². The zero-order valence-corrected chi connectivity index (χ0v) is 12.9. The molecule has 1 atom stereocenters. The van der Waals surface area contributed by atoms with Crippen LogP contribution >= 0.6 is 0 Å². The second kappa shape index (κ2) is 8.70. The first-order chi connectivity index (χ1) is 10.3. The number of hydrogen-bond donors (Lipinski definition) is 1. The van der Waals surface area contributed by atoms with E-state index >= 15 is 0 Å². The molecule has 116 valence electrons. The van der Waals surface area contributed by atoms with Gasteiger partial charge in [0, 0.05) is 25.8 Å². The molecule has 4 heteroatoms. The summed E-state index contributed by atoms with van der Waals surface area (Å²) in [6.07, 6.45) is 7.99. The molecule has 1 aromatic carbocycles. The summed E-state index contributed by atoms with van der Waals surface area (Å²) in [6.45, 7) is 2.26. The SMILES string of the molecule is COCCNCc1cc(OC)ccc1OC1C=CCCC1. The van der Waals surface area contributed by atoms with Gasteiger partial charge >= 0.3 is 0 Å². The number of allylic oxidation sites excluding steroid dienone is 1. The van der Waals surface area contributed by atoms with Crippen molar-refractivity contribution in [2.75, 3.05) is 27.4 Å². The summed E-state index contributed by atoms with van der Waals surface area (Å²) in [4.78, 5) is 0. The molecule has 0 amide bonds. The van der Waals surface area contributed by atoms with Crippen molar-refractivity contribution in [3.8, 4) is 11.5 Å². The monoisotopic (exact) mass is 291 g/mol. The molecule has 0 heterocycles. The van der Waals surface area contributed by atoms with Gasteiger partial charge in [-0.05, 0) is 43.5 Å². The van der Waals surface area contributed by atoms with E-state index in [0.29, 0.717) is 6.61 Å². The van der Waals surface area contributed by atoms with Gasteiger partial charge in [-0.3, -0.25) is 0 Å². The second-order valence-corrected chi connectivity index (χ2v) is 5.16. The lowest BCUT2D eigenvalue weighted by Crippen LogP contribution is -2.21. The fourth-order valence-electron chi connectivity index (χ4n) is 2.38. The van der Waals surface area contributed by atoms with Crippen molar-refractivity contribution >= 4 is 0 Å². The summed E-state index contributed by atoms with van der Waals surface area (Å²) >= 11 is 0. The van der Waals surface area contributed by atoms with Crippen molar-refractivity contribution in [1.29, 1.82) is 0 Å². The van der Waals surface area contributed by atoms with Crippen LogP contribution in [0.5, 0.6) is 11.5 Å². The first-order valence-electron chi connectivity index (χ1n) is 7.53. The van der Waals surface area contributed by atoms with E-state index in [4.69, 9.17) is 14.2 Å². The summed E-state index contributed by atoms with van der Waals surface area (Å²) in [5.74, 6) is 1.78. The molecule has 0 bridgehead atoms. The fraction of sp³-hybridized carbons (Fsp3) is 0.529. The Morgan fingerprint density at radius 1 is 1.29 bits per heavy atom. The van der Waals surface area contributed by atoms with Crippen LogP contribution in [0, 0.1) is 0 Å². The topological polar surface area (TPSA) is 39.7 Å². The van der Waals surface area contributed by atoms with Gasteiger partial charge in [0.2, 0.25) is 0 Å². The standard InChI is InChI=1S/C17H25NO3/c1-19-11-10-18-13-14-12-16(20-2)8-9-17(14)21-15-6-4-3-5-7-15/h4,6,8-9,12,15,18H,3,5,7,10-11,13H2,1-2H3. The smallest absolute Gasteiger partial charge is 0.124 e. The van der Waals surface area contributed by atoms with Crippen LogP contribution in [0.25, 0.3) is 0 Å². The summed E-state index contributed by atoms with van der Waals surface area (Å²) in [6, 6.07) is 5.97. The number of benzene rings is 1. The molecule has 1 unspecified atom stereocenters. The second-order valence-electron chi connectivity index (χ2n) is 5.16. The first-order valence-corrected chi connectivity index (χ1v) is 7.53. The van der Waals surface area contributed by atoms with E-state index in [9.17, 15) is 0 Å². The van der Waals surface area contributed by atoms with Crippen LogP contribution < -0.4 is 14.8 Å². The maximum atomic E-state index is 6.13. The lowest BCUT2D eigenvalue weighted by atomic mass is 10.1. The van der Waals surface area contributed by atoms with E-state index in [2.05, 4.69) is 17.5 Å². The number of rotatable bonds is 8. The molecule has 1 aromatic rings. The normalized spacial score (nSPS) is 17.7. The summed E-state index contributed by atoms with van der Waals surface area (Å²) < 4.78 is 16.5. The van der Waals surface area contributed by atoms with Crippen LogP contribution in [0.2, 0.25) is 0 Å². The van der Waals surface area contributed by atoms with E-state index in [1.54, 1.807) is 14.2 Å². The molecule has 0 saturated heterocycles. The highest BCUT2D eigenvalue weighted by Gasteiger charge is 2.13. The third-order valence-electron chi connectivity index (χ3n) is 3.55. The zero-order chi connectivity index (χ0) is 14.9. The van der Waals surface area contributed by atoms with Crippen LogP contribution in [-0.2, 0) is 11.3 Å². The zero-order valence-electron chi connectivity index (χ0n) is 12.9. The summed E-state index contributed by atoms with van der Waals surface area (Å²) in [5.41, 5.74) is 1.12. The Hall–Kier alpha value is -1.52. The molecule has 0 aliphatic heterocycles. The Morgan fingerprint density at radius 2 is 2.19 bits per heavy atom. The molecule has 21 heavy (non-hydrogen) atoms. The summed E-state index contributed by atoms with van der Waals surface area (Å²) in [5, 5.41) is 3.35. The van der Waals surface area contributed by atoms with Crippen molar-refractivity contribution < 1.29 is 14.2 Å². The van der Waals surface area contributed by atoms with Crippen molar-refractivity contribution in [2.45, 2.75) is 31.9 Å². The van der Waals surface area contributed by atoms with Gasteiger partial charge in [0.15, 0.2) is 0 Å². The molecule has 2 rings (SSSR count). The number of ether oxygens (including phenoxy) is 3. The third kappa shape index (κ3) is 5.06. The molecule has 1 aliphatic carbocycles. The lowest BCUT2D eigenvalue weighted by molar-refractivity contribution is 0.198. The number of methoxy groups -OCH3 is 2. The average molecular weight is 291 g/mol. The van der Waals surface area contributed by atoms with E-state index in [1.165, 1.54) is 6.42 Å². The van der Waals surface area contributed by atoms with Gasteiger partial charge in [-0.15, -0.1) is 0 Å². The minimum Gasteiger partial charge on any atom is -0.497 e. The molecule has 1 N–H and O–H groups in total. The van der Waals surface area contributed by atoms with Gasteiger partial charge in [0.05, 0.1) is 13.7 Å². The molecule has 1 aliphatic rings. The third-order valence-corrected chi connectivity index (χ3v) is 3.55. The largest absolute Gasteiger partial charge is 0.497 e. The van der Waals surface area contributed by atoms with Gasteiger partial charge in [-0.1, -0.05) is 6.08 Å². The first kappa shape index (κ1) is 15.9. The highest BCUT2D eigenvalue weighted by Crippen LogP contribution is 2.27. The fourth-order valence-corrected chi connectivity index (χ4v) is 2.38. The molecule has 4 nitrogen and oxygen atoms in total. The van der Waals surface area contributed by atoms with E-state index in [0.717, 1.165) is 43.0 Å². The minimum atomic E-state index is 0.185. The Morgan fingerprint density at radius 3 is 2.90 bits per heavy atom. The van der Waals surface area contributed by atoms with Crippen LogP contribution in [0.4, 0.5) is 0 Å². The average Bonchev–Trinajstić information content (AvgIpc) is 2.54. The molecule has 0 spiro atoms. The van der Waals surface area contributed by atoms with E-state index < -0.39 is 0 Å².